The zero-order chi connectivity index (χ0) is 27.3. The van der Waals surface area contributed by atoms with Crippen LogP contribution in [0.25, 0.3) is 0 Å². The molecule has 12 nitrogen and oxygen atoms in total. The van der Waals surface area contributed by atoms with Crippen molar-refractivity contribution in [2.75, 3.05) is 19.8 Å². The number of hydrogen-bond acceptors (Lipinski definition) is 12. The van der Waals surface area contributed by atoms with E-state index in [1.165, 1.54) is 25.1 Å². The van der Waals surface area contributed by atoms with Gasteiger partial charge in [0, 0.05) is 0 Å². The van der Waals surface area contributed by atoms with E-state index in [9.17, 15) is 19.2 Å². The third kappa shape index (κ3) is 11.3. The zero-order valence-electron chi connectivity index (χ0n) is 21.5. The number of carbonyl (C=O) groups is 4. The smallest absolute Gasteiger partial charge is 0.458 e. The van der Waals surface area contributed by atoms with E-state index in [0.29, 0.717) is 12.0 Å². The van der Waals surface area contributed by atoms with E-state index < -0.39 is 42.2 Å². The van der Waals surface area contributed by atoms with Gasteiger partial charge in [-0.05, 0) is 65.2 Å². The molecule has 202 valence electrons. The highest BCUT2D eigenvalue weighted by Gasteiger charge is 2.24. The first kappa shape index (κ1) is 30.5. The minimum absolute atomic E-state index is 0.00197. The van der Waals surface area contributed by atoms with Crippen LogP contribution in [0.2, 0.25) is 0 Å². The van der Waals surface area contributed by atoms with Crippen LogP contribution in [0.3, 0.4) is 0 Å². The third-order valence-electron chi connectivity index (χ3n) is 4.64. The minimum atomic E-state index is -1.09. The average Bonchev–Trinajstić information content (AvgIpc) is 2.79. The zero-order valence-corrected chi connectivity index (χ0v) is 21.5. The molecule has 1 aromatic rings. The van der Waals surface area contributed by atoms with E-state index in [2.05, 4.69) is 0 Å². The van der Waals surface area contributed by atoms with Crippen LogP contribution in [0.5, 0.6) is 11.5 Å². The van der Waals surface area contributed by atoms with Gasteiger partial charge in [-0.3, -0.25) is 4.79 Å². The molecule has 0 radical (unpaired) electrons. The quantitative estimate of drug-likeness (QED) is 0.244. The molecule has 0 aromatic heterocycles. The van der Waals surface area contributed by atoms with Crippen molar-refractivity contribution < 1.29 is 52.3 Å². The van der Waals surface area contributed by atoms with Gasteiger partial charge in [0.15, 0.2) is 11.5 Å². The van der Waals surface area contributed by atoms with Crippen LogP contribution >= 0.6 is 0 Å². The summed E-state index contributed by atoms with van der Waals surface area (Å²) in [5.74, 6) is -0.965. The van der Waals surface area contributed by atoms with E-state index in [1.807, 2.05) is 6.92 Å². The van der Waals surface area contributed by atoms with Crippen molar-refractivity contribution in [1.29, 1.82) is 0 Å². The molecule has 36 heavy (non-hydrogen) atoms. The summed E-state index contributed by atoms with van der Waals surface area (Å²) in [5.41, 5.74) is 5.77. The van der Waals surface area contributed by atoms with Crippen LogP contribution in [0.4, 0.5) is 14.4 Å². The SMILES string of the molecule is CCOC(=O)Oc1ccc(C[C@H](N)C(=O)O[C@@H](C)COC(=O)OC(C)(C)CC)cc1OC(=O)OCC. The Labute approximate surface area is 210 Å². The Bertz CT molecular complexity index is 900. The summed E-state index contributed by atoms with van der Waals surface area (Å²) in [5, 5.41) is 0. The molecule has 0 saturated heterocycles. The monoisotopic (exact) mass is 513 g/mol. The highest BCUT2D eigenvalue weighted by Crippen LogP contribution is 2.30. The maximum atomic E-state index is 12.4. The lowest BCUT2D eigenvalue weighted by molar-refractivity contribution is -0.152. The number of rotatable bonds is 12. The molecule has 2 atom stereocenters. The predicted molar refractivity (Wildman–Crippen MR) is 126 cm³/mol. The van der Waals surface area contributed by atoms with Crippen molar-refractivity contribution in [3.63, 3.8) is 0 Å². The third-order valence-corrected chi connectivity index (χ3v) is 4.64. The van der Waals surface area contributed by atoms with Gasteiger partial charge >= 0.3 is 24.4 Å². The standard InChI is InChI=1S/C24H35NO11/c1-7-24(5,6)36-23(29)32-14-15(4)33-20(26)17(25)12-16-10-11-18(34-21(27)30-8-2)19(13-16)35-22(28)31-9-3/h10-11,13,15,17H,7-9,12,14,25H2,1-6H3/t15-,17-/m0/s1. The van der Waals surface area contributed by atoms with Crippen LogP contribution in [0.15, 0.2) is 18.2 Å². The fraction of sp³-hybridized carbons (Fsp3) is 0.583. The number of hydrogen-bond donors (Lipinski definition) is 1. The van der Waals surface area contributed by atoms with Crippen LogP contribution in [0, 0.1) is 0 Å². The topological polar surface area (TPSA) is 159 Å². The largest absolute Gasteiger partial charge is 0.513 e. The van der Waals surface area contributed by atoms with Crippen molar-refractivity contribution in [1.82, 2.24) is 0 Å². The van der Waals surface area contributed by atoms with Crippen molar-refractivity contribution in [3.05, 3.63) is 23.8 Å². The molecule has 0 aliphatic carbocycles. The molecule has 0 aliphatic heterocycles. The van der Waals surface area contributed by atoms with E-state index in [1.54, 1.807) is 27.7 Å². The lowest BCUT2D eigenvalue weighted by Crippen LogP contribution is -2.37. The summed E-state index contributed by atoms with van der Waals surface area (Å²) < 4.78 is 35.0. The number of benzene rings is 1. The molecule has 0 saturated carbocycles. The summed E-state index contributed by atoms with van der Waals surface area (Å²) in [4.78, 5) is 47.6. The Balaban J connectivity index is 2.77. The second-order valence-electron chi connectivity index (χ2n) is 8.19. The number of nitrogens with two attached hydrogens (primary N) is 1. The second-order valence-corrected chi connectivity index (χ2v) is 8.19. The lowest BCUT2D eigenvalue weighted by atomic mass is 10.1. The Kier molecular flexibility index (Phi) is 12.5. The highest BCUT2D eigenvalue weighted by molar-refractivity contribution is 5.76. The van der Waals surface area contributed by atoms with Crippen LogP contribution in [-0.4, -0.2) is 62.0 Å². The van der Waals surface area contributed by atoms with Crippen LogP contribution < -0.4 is 15.2 Å². The summed E-state index contributed by atoms with van der Waals surface area (Å²) in [6, 6.07) is 3.17. The van der Waals surface area contributed by atoms with E-state index in [0.717, 1.165) is 0 Å². The van der Waals surface area contributed by atoms with Gasteiger partial charge < -0.3 is 38.9 Å². The van der Waals surface area contributed by atoms with Gasteiger partial charge in [0.2, 0.25) is 0 Å². The number of esters is 1. The molecule has 1 aromatic carbocycles. The van der Waals surface area contributed by atoms with Crippen molar-refractivity contribution >= 4 is 24.4 Å². The highest BCUT2D eigenvalue weighted by atomic mass is 16.7. The fourth-order valence-electron chi connectivity index (χ4n) is 2.49. The molecule has 1 rings (SSSR count). The molecule has 0 heterocycles. The van der Waals surface area contributed by atoms with Gasteiger partial charge in [0.1, 0.15) is 24.4 Å². The minimum Gasteiger partial charge on any atom is -0.458 e. The van der Waals surface area contributed by atoms with Gasteiger partial charge in [-0.1, -0.05) is 13.0 Å². The number of ether oxygens (including phenoxy) is 7. The van der Waals surface area contributed by atoms with Crippen LogP contribution in [-0.2, 0) is 34.9 Å². The molecule has 0 aliphatic rings. The molecule has 0 spiro atoms. The second kappa shape index (κ2) is 14.8. The Morgan fingerprint density at radius 2 is 1.47 bits per heavy atom. The van der Waals surface area contributed by atoms with Gasteiger partial charge in [-0.2, -0.15) is 0 Å². The molecular weight excluding hydrogens is 478 g/mol. The molecular formula is C24H35NO11. The van der Waals surface area contributed by atoms with Gasteiger partial charge in [-0.25, -0.2) is 14.4 Å². The van der Waals surface area contributed by atoms with Crippen molar-refractivity contribution in [2.24, 2.45) is 5.73 Å². The van der Waals surface area contributed by atoms with E-state index in [-0.39, 0.29) is 37.7 Å². The van der Waals surface area contributed by atoms with Crippen LogP contribution in [0.1, 0.15) is 53.5 Å². The maximum Gasteiger partial charge on any atom is 0.513 e. The first-order chi connectivity index (χ1) is 16.9. The predicted octanol–water partition coefficient (Wildman–Crippen LogP) is 3.90. The summed E-state index contributed by atoms with van der Waals surface area (Å²) in [6.45, 7) is 10.0. The first-order valence-electron chi connectivity index (χ1n) is 11.5. The van der Waals surface area contributed by atoms with E-state index in [4.69, 9.17) is 38.9 Å². The number of carbonyl (C=O) groups excluding carboxylic acids is 4. The molecule has 0 amide bonds. The average molecular weight is 514 g/mol. The molecule has 0 bridgehead atoms. The van der Waals surface area contributed by atoms with Gasteiger partial charge in [0.05, 0.1) is 13.2 Å². The van der Waals surface area contributed by atoms with Crippen molar-refractivity contribution in [3.8, 4) is 11.5 Å². The van der Waals surface area contributed by atoms with Gasteiger partial charge in [0.25, 0.3) is 0 Å². The normalized spacial score (nSPS) is 12.5. The molecule has 12 heteroatoms. The molecule has 0 fully saturated rings. The Morgan fingerprint density at radius 3 is 2.03 bits per heavy atom. The van der Waals surface area contributed by atoms with Crippen molar-refractivity contribution in [2.45, 2.75) is 72.1 Å². The Morgan fingerprint density at radius 1 is 0.889 bits per heavy atom. The fourth-order valence-corrected chi connectivity index (χ4v) is 2.49. The molecule has 0 unspecified atom stereocenters. The summed E-state index contributed by atoms with van der Waals surface area (Å²) in [7, 11) is 0. The van der Waals surface area contributed by atoms with Gasteiger partial charge in [-0.15, -0.1) is 0 Å². The summed E-state index contributed by atoms with van der Waals surface area (Å²) in [6.07, 6.45) is -3.04. The summed E-state index contributed by atoms with van der Waals surface area (Å²) >= 11 is 0. The van der Waals surface area contributed by atoms with E-state index >= 15 is 0 Å². The lowest BCUT2D eigenvalue weighted by Gasteiger charge is -2.23. The molecule has 2 N–H and O–H groups in total. The first-order valence-corrected chi connectivity index (χ1v) is 11.5. The maximum absolute atomic E-state index is 12.4. The Hall–Kier alpha value is -3.54.